The molecule has 0 saturated heterocycles. The van der Waals surface area contributed by atoms with Crippen LogP contribution in [0.2, 0.25) is 0 Å². The molecule has 2 aromatic carbocycles. The van der Waals surface area contributed by atoms with E-state index in [1.54, 1.807) is 31.2 Å². The highest BCUT2D eigenvalue weighted by Gasteiger charge is 2.15. The van der Waals surface area contributed by atoms with Gasteiger partial charge in [-0.1, -0.05) is 42.0 Å². The number of nitrogens with zero attached hydrogens (tertiary/aromatic N) is 2. The predicted octanol–water partition coefficient (Wildman–Crippen LogP) is 5.58. The summed E-state index contributed by atoms with van der Waals surface area (Å²) in [5.41, 5.74) is 3.80. The van der Waals surface area contributed by atoms with Crippen LogP contribution in [0, 0.1) is 13.8 Å². The third-order valence-electron chi connectivity index (χ3n) is 5.57. The van der Waals surface area contributed by atoms with Gasteiger partial charge in [0.25, 0.3) is 5.56 Å². The summed E-state index contributed by atoms with van der Waals surface area (Å²) in [4.78, 5) is 46.4. The number of alkyl carbamates (subject to hydrolysis) is 1. The zero-order valence-corrected chi connectivity index (χ0v) is 25.4. The Morgan fingerprint density at radius 3 is 2.33 bits per heavy atom. The fourth-order valence-electron chi connectivity index (χ4n) is 3.80. The molecule has 1 heterocycles. The maximum Gasteiger partial charge on any atom is 0.411 e. The molecule has 3 aromatic rings. The van der Waals surface area contributed by atoms with Crippen LogP contribution in [0.4, 0.5) is 15.3 Å². The Morgan fingerprint density at radius 2 is 1.64 bits per heavy atom. The van der Waals surface area contributed by atoms with Crippen LogP contribution < -0.4 is 16.2 Å². The summed E-state index contributed by atoms with van der Waals surface area (Å²) in [6.07, 6.45) is 0.607. The number of carbonyl (C=O) groups is 3. The van der Waals surface area contributed by atoms with Crippen molar-refractivity contribution < 1.29 is 23.9 Å². The number of carbonyl (C=O) groups excluding carboxylic acids is 3. The number of ether oxygens (including phenoxy) is 2. The van der Waals surface area contributed by atoms with Gasteiger partial charge < -0.3 is 14.8 Å². The number of hydrogen-bond donors (Lipinski definition) is 2. The number of ketones is 1. The van der Waals surface area contributed by atoms with Gasteiger partial charge in [-0.05, 0) is 77.3 Å². The molecule has 0 aliphatic carbocycles. The van der Waals surface area contributed by atoms with Crippen LogP contribution in [0.3, 0.4) is 0 Å². The van der Waals surface area contributed by atoms with Crippen molar-refractivity contribution in [2.45, 2.75) is 73.0 Å². The molecule has 0 spiro atoms. The molecule has 0 aliphatic rings. The van der Waals surface area contributed by atoms with Crippen molar-refractivity contribution in [2.24, 2.45) is 0 Å². The van der Waals surface area contributed by atoms with Crippen LogP contribution >= 0.6 is 0 Å². The summed E-state index contributed by atoms with van der Waals surface area (Å²) in [5.74, 6) is 0.187. The Bertz CT molecular complexity index is 1390. The van der Waals surface area contributed by atoms with Crippen LogP contribution in [0.5, 0.6) is 0 Å². The molecule has 0 unspecified atom stereocenters. The minimum Gasteiger partial charge on any atom is -0.450 e. The van der Waals surface area contributed by atoms with Crippen molar-refractivity contribution in [3.05, 3.63) is 93.4 Å². The molecule has 0 bridgehead atoms. The van der Waals surface area contributed by atoms with E-state index in [1.165, 1.54) is 10.7 Å². The third-order valence-corrected chi connectivity index (χ3v) is 5.57. The van der Waals surface area contributed by atoms with E-state index in [1.807, 2.05) is 65.0 Å². The number of rotatable bonds is 10. The summed E-state index contributed by atoms with van der Waals surface area (Å²) in [6, 6.07) is 18.3. The van der Waals surface area contributed by atoms with Gasteiger partial charge in [-0.25, -0.2) is 14.3 Å². The highest BCUT2D eigenvalue weighted by molar-refractivity contribution is 5.84. The molecule has 0 fully saturated rings. The number of aromatic nitrogens is 2. The molecule has 3 rings (SSSR count). The van der Waals surface area contributed by atoms with E-state index in [-0.39, 0.29) is 11.3 Å². The lowest BCUT2D eigenvalue weighted by Gasteiger charge is -2.19. The molecule has 0 aliphatic heterocycles. The van der Waals surface area contributed by atoms with Crippen LogP contribution in [-0.2, 0) is 27.2 Å². The molecule has 0 radical (unpaired) electrons. The first-order valence-corrected chi connectivity index (χ1v) is 14.0. The standard InChI is InChI=1S/C17H25NO3.C15H17N3O3/c1-13-7-5-8-14(11-13)12-15(19)9-6-10-18-16(20)21-17(2,3)4;1-3-21-15(20)16-13-6-4-5-12(9-13)10-18-14(19)8-7-11(2)17-18/h5,7-8,11H,6,9-10,12H2,1-4H3,(H,18,20);4-9H,3,10H2,1-2H3,(H,16,20). The summed E-state index contributed by atoms with van der Waals surface area (Å²) in [7, 11) is 0. The van der Waals surface area contributed by atoms with E-state index in [4.69, 9.17) is 9.47 Å². The molecule has 0 atom stereocenters. The molecule has 2 amide bonds. The molecule has 226 valence electrons. The normalized spacial score (nSPS) is 10.6. The number of amides is 2. The van der Waals surface area contributed by atoms with Crippen molar-refractivity contribution in [2.75, 3.05) is 18.5 Å². The van der Waals surface area contributed by atoms with Gasteiger partial charge in [0.15, 0.2) is 0 Å². The van der Waals surface area contributed by atoms with Crippen molar-refractivity contribution >= 4 is 23.7 Å². The van der Waals surface area contributed by atoms with Crippen LogP contribution in [0.15, 0.2) is 65.5 Å². The van der Waals surface area contributed by atoms with Gasteiger partial charge in [0.05, 0.1) is 18.8 Å². The molecule has 10 heteroatoms. The van der Waals surface area contributed by atoms with Gasteiger partial charge in [0, 0.05) is 31.1 Å². The Balaban J connectivity index is 0.000000293. The highest BCUT2D eigenvalue weighted by atomic mass is 16.6. The summed E-state index contributed by atoms with van der Waals surface area (Å²) >= 11 is 0. The van der Waals surface area contributed by atoms with Crippen LogP contribution in [0.25, 0.3) is 0 Å². The summed E-state index contributed by atoms with van der Waals surface area (Å²) < 4.78 is 11.3. The Hall–Kier alpha value is -4.47. The largest absolute Gasteiger partial charge is 0.450 e. The quantitative estimate of drug-likeness (QED) is 0.301. The van der Waals surface area contributed by atoms with Gasteiger partial charge in [0.2, 0.25) is 0 Å². The monoisotopic (exact) mass is 578 g/mol. The van der Waals surface area contributed by atoms with Crippen molar-refractivity contribution in [1.82, 2.24) is 15.1 Å². The predicted molar refractivity (Wildman–Crippen MR) is 163 cm³/mol. The van der Waals surface area contributed by atoms with Crippen molar-refractivity contribution in [3.8, 4) is 0 Å². The molecule has 0 saturated carbocycles. The number of aryl methyl sites for hydroxylation is 2. The number of anilines is 1. The van der Waals surface area contributed by atoms with Gasteiger partial charge >= 0.3 is 12.2 Å². The SMILES string of the molecule is CCOC(=O)Nc1cccc(Cn2nc(C)ccc2=O)c1.Cc1cccc(CC(=O)CCCNC(=O)OC(C)(C)C)c1. The maximum absolute atomic E-state index is 11.9. The topological polar surface area (TPSA) is 129 Å². The third kappa shape index (κ3) is 13.7. The average Bonchev–Trinajstić information content (AvgIpc) is 2.88. The zero-order chi connectivity index (χ0) is 31.1. The van der Waals surface area contributed by atoms with E-state index >= 15 is 0 Å². The van der Waals surface area contributed by atoms with E-state index in [9.17, 15) is 19.2 Å². The van der Waals surface area contributed by atoms with Crippen molar-refractivity contribution in [3.63, 3.8) is 0 Å². The second kappa shape index (κ2) is 16.7. The summed E-state index contributed by atoms with van der Waals surface area (Å²) in [5, 5.41) is 9.46. The van der Waals surface area contributed by atoms with Gasteiger partial charge in [-0.3, -0.25) is 14.9 Å². The first-order valence-electron chi connectivity index (χ1n) is 14.0. The van der Waals surface area contributed by atoms with E-state index in [0.29, 0.717) is 44.6 Å². The maximum atomic E-state index is 11.9. The lowest BCUT2D eigenvalue weighted by atomic mass is 10.0. The fourth-order valence-corrected chi connectivity index (χ4v) is 3.80. The first kappa shape index (κ1) is 33.7. The lowest BCUT2D eigenvalue weighted by Crippen LogP contribution is -2.33. The molecular weight excluding hydrogens is 536 g/mol. The smallest absolute Gasteiger partial charge is 0.411 e. The first-order chi connectivity index (χ1) is 19.8. The Kier molecular flexibility index (Phi) is 13.4. The van der Waals surface area contributed by atoms with E-state index in [0.717, 1.165) is 22.4 Å². The number of hydrogen-bond acceptors (Lipinski definition) is 7. The van der Waals surface area contributed by atoms with Gasteiger partial charge in [-0.15, -0.1) is 0 Å². The Morgan fingerprint density at radius 1 is 0.929 bits per heavy atom. The number of benzene rings is 2. The Labute approximate surface area is 247 Å². The lowest BCUT2D eigenvalue weighted by molar-refractivity contribution is -0.118. The minimum atomic E-state index is -0.500. The molecule has 1 aromatic heterocycles. The summed E-state index contributed by atoms with van der Waals surface area (Å²) in [6.45, 7) is 12.1. The molecule has 42 heavy (non-hydrogen) atoms. The van der Waals surface area contributed by atoms with E-state index in [2.05, 4.69) is 15.7 Å². The second-order valence-corrected chi connectivity index (χ2v) is 10.8. The molecular formula is C32H42N4O6. The second-order valence-electron chi connectivity index (χ2n) is 10.8. The highest BCUT2D eigenvalue weighted by Crippen LogP contribution is 2.12. The van der Waals surface area contributed by atoms with Crippen LogP contribution in [-0.4, -0.2) is 46.5 Å². The zero-order valence-electron chi connectivity index (χ0n) is 25.4. The van der Waals surface area contributed by atoms with Gasteiger partial charge in [0.1, 0.15) is 11.4 Å². The molecule has 2 N–H and O–H groups in total. The average molecular weight is 579 g/mol. The molecule has 10 nitrogen and oxygen atoms in total. The van der Waals surface area contributed by atoms with Crippen LogP contribution in [0.1, 0.15) is 62.9 Å². The number of nitrogens with one attached hydrogen (secondary N) is 2. The van der Waals surface area contributed by atoms with E-state index < -0.39 is 17.8 Å². The minimum absolute atomic E-state index is 0.163. The van der Waals surface area contributed by atoms with Gasteiger partial charge in [-0.2, -0.15) is 5.10 Å². The number of Topliss-reactive ketones (excluding diaryl/α,β-unsaturated/α-hetero) is 1. The fraction of sp³-hybridized carbons (Fsp3) is 0.406. The van der Waals surface area contributed by atoms with Crippen molar-refractivity contribution in [1.29, 1.82) is 0 Å².